The van der Waals surface area contributed by atoms with E-state index < -0.39 is 17.6 Å². The molecule has 3 aromatic rings. The second kappa shape index (κ2) is 6.49. The second-order valence-corrected chi connectivity index (χ2v) is 6.19. The first kappa shape index (κ1) is 17.7. The van der Waals surface area contributed by atoms with Gasteiger partial charge in [0.05, 0.1) is 38.3 Å². The van der Waals surface area contributed by atoms with Crippen molar-refractivity contribution >= 4 is 16.9 Å². The van der Waals surface area contributed by atoms with Gasteiger partial charge in [-0.05, 0) is 29.8 Å². The molecule has 8 heteroatoms. The third kappa shape index (κ3) is 2.45. The molecular weight excluding hydrogens is 366 g/mol. The quantitative estimate of drug-likeness (QED) is 0.666. The Hall–Kier alpha value is -3.68. The first-order valence-electron chi connectivity index (χ1n) is 8.39. The standard InChI is InChI=1S/C20H17NO7/c1-25-9-4-6-12-11(8-9)17(22)15(20(24)28-12)16-10-5-7-13(26-2)18(27-3)14(10)19(23)21-16/h4-8,16,22H,1-3H3,(H,21,23). The van der Waals surface area contributed by atoms with E-state index in [0.29, 0.717) is 22.4 Å². The van der Waals surface area contributed by atoms with E-state index >= 15 is 0 Å². The van der Waals surface area contributed by atoms with E-state index in [1.165, 1.54) is 27.4 Å². The first-order valence-corrected chi connectivity index (χ1v) is 8.39. The number of nitrogens with one attached hydrogen (secondary N) is 1. The van der Waals surface area contributed by atoms with Crippen LogP contribution in [-0.4, -0.2) is 32.3 Å². The van der Waals surface area contributed by atoms with Crippen molar-refractivity contribution in [1.29, 1.82) is 0 Å². The minimum Gasteiger partial charge on any atom is -0.507 e. The molecule has 1 aliphatic rings. The van der Waals surface area contributed by atoms with Crippen molar-refractivity contribution in [2.75, 3.05) is 21.3 Å². The predicted molar refractivity (Wildman–Crippen MR) is 99.6 cm³/mol. The number of methoxy groups -OCH3 is 3. The minimum atomic E-state index is -0.894. The minimum absolute atomic E-state index is 0.0694. The molecule has 8 nitrogen and oxygen atoms in total. The fourth-order valence-corrected chi connectivity index (χ4v) is 3.49. The summed E-state index contributed by atoms with van der Waals surface area (Å²) in [5.74, 6) is 0.408. The number of fused-ring (bicyclic) bond motifs is 2. The molecule has 1 atom stereocenters. The Kier molecular flexibility index (Phi) is 4.11. The first-order chi connectivity index (χ1) is 13.5. The van der Waals surface area contributed by atoms with Crippen LogP contribution in [0.1, 0.15) is 27.5 Å². The van der Waals surface area contributed by atoms with Crippen LogP contribution in [0.4, 0.5) is 0 Å². The Labute approximate surface area is 159 Å². The summed E-state index contributed by atoms with van der Waals surface area (Å²) in [4.78, 5) is 25.2. The highest BCUT2D eigenvalue weighted by Gasteiger charge is 2.38. The molecule has 144 valence electrons. The van der Waals surface area contributed by atoms with Crippen LogP contribution >= 0.6 is 0 Å². The van der Waals surface area contributed by atoms with Crippen LogP contribution in [0.2, 0.25) is 0 Å². The van der Waals surface area contributed by atoms with Gasteiger partial charge in [-0.25, -0.2) is 4.79 Å². The summed E-state index contributed by atoms with van der Waals surface area (Å²) >= 11 is 0. The Morgan fingerprint density at radius 1 is 1.04 bits per heavy atom. The molecule has 28 heavy (non-hydrogen) atoms. The molecule has 2 aromatic carbocycles. The maximum Gasteiger partial charge on any atom is 0.345 e. The zero-order valence-corrected chi connectivity index (χ0v) is 15.4. The molecule has 0 radical (unpaired) electrons. The van der Waals surface area contributed by atoms with Gasteiger partial charge in [0.15, 0.2) is 11.5 Å². The van der Waals surface area contributed by atoms with E-state index in [1.807, 2.05) is 0 Å². The van der Waals surface area contributed by atoms with Crippen LogP contribution in [0.5, 0.6) is 23.0 Å². The van der Waals surface area contributed by atoms with Crippen LogP contribution in [0.25, 0.3) is 11.0 Å². The maximum absolute atomic E-state index is 12.6. The van der Waals surface area contributed by atoms with Crippen LogP contribution in [0.3, 0.4) is 0 Å². The molecule has 1 aliphatic heterocycles. The van der Waals surface area contributed by atoms with Gasteiger partial charge in [-0.15, -0.1) is 0 Å². The van der Waals surface area contributed by atoms with Crippen molar-refractivity contribution in [2.24, 2.45) is 0 Å². The summed E-state index contributed by atoms with van der Waals surface area (Å²) in [5.41, 5.74) is 0.121. The number of carbonyl (C=O) groups excluding carboxylic acids is 1. The van der Waals surface area contributed by atoms with Gasteiger partial charge >= 0.3 is 5.63 Å². The SMILES string of the molecule is COc1ccc2oc(=O)c(C3NC(=O)c4c3ccc(OC)c4OC)c(O)c2c1. The van der Waals surface area contributed by atoms with E-state index in [1.54, 1.807) is 24.3 Å². The van der Waals surface area contributed by atoms with Crippen LogP contribution in [-0.2, 0) is 0 Å². The van der Waals surface area contributed by atoms with Crippen LogP contribution in [0.15, 0.2) is 39.5 Å². The molecule has 0 fully saturated rings. The largest absolute Gasteiger partial charge is 0.507 e. The molecule has 0 spiro atoms. The molecule has 2 N–H and O–H groups in total. The predicted octanol–water partition coefficient (Wildman–Crippen LogP) is 2.36. The highest BCUT2D eigenvalue weighted by molar-refractivity contribution is 6.03. The van der Waals surface area contributed by atoms with Gasteiger partial charge in [0.2, 0.25) is 0 Å². The number of benzene rings is 2. The highest BCUT2D eigenvalue weighted by atomic mass is 16.5. The van der Waals surface area contributed by atoms with Gasteiger partial charge in [-0.2, -0.15) is 0 Å². The fraction of sp³-hybridized carbons (Fsp3) is 0.200. The van der Waals surface area contributed by atoms with Crippen LogP contribution in [0, 0.1) is 0 Å². The molecule has 4 rings (SSSR count). The lowest BCUT2D eigenvalue weighted by Crippen LogP contribution is -2.24. The van der Waals surface area contributed by atoms with E-state index in [0.717, 1.165) is 0 Å². The van der Waals surface area contributed by atoms with E-state index in [9.17, 15) is 14.7 Å². The van der Waals surface area contributed by atoms with Gasteiger partial charge < -0.3 is 29.1 Å². The summed E-state index contributed by atoms with van der Waals surface area (Å²) in [7, 11) is 4.38. The van der Waals surface area contributed by atoms with Crippen molar-refractivity contribution in [3.63, 3.8) is 0 Å². The number of aromatic hydroxyl groups is 1. The van der Waals surface area contributed by atoms with Gasteiger partial charge in [0.25, 0.3) is 5.91 Å². The molecule has 2 heterocycles. The molecular formula is C20H17NO7. The molecule has 0 saturated carbocycles. The lowest BCUT2D eigenvalue weighted by Gasteiger charge is -2.15. The number of hydrogen-bond donors (Lipinski definition) is 2. The van der Waals surface area contributed by atoms with Crippen molar-refractivity contribution in [2.45, 2.75) is 6.04 Å². The average molecular weight is 383 g/mol. The Morgan fingerprint density at radius 2 is 1.82 bits per heavy atom. The summed E-state index contributed by atoms with van der Waals surface area (Å²) in [6.07, 6.45) is 0. The molecule has 0 bridgehead atoms. The number of hydrogen-bond acceptors (Lipinski definition) is 7. The average Bonchev–Trinajstić information content (AvgIpc) is 3.03. The van der Waals surface area contributed by atoms with Gasteiger partial charge in [-0.1, -0.05) is 6.07 Å². The monoisotopic (exact) mass is 383 g/mol. The van der Waals surface area contributed by atoms with E-state index in [2.05, 4.69) is 5.32 Å². The Bertz CT molecular complexity index is 1170. The Balaban J connectivity index is 1.96. The summed E-state index contributed by atoms with van der Waals surface area (Å²) in [6.45, 7) is 0. The number of rotatable bonds is 4. The Morgan fingerprint density at radius 3 is 2.50 bits per heavy atom. The number of ether oxygens (including phenoxy) is 3. The van der Waals surface area contributed by atoms with Crippen LogP contribution < -0.4 is 25.2 Å². The van der Waals surface area contributed by atoms with Gasteiger partial charge in [-0.3, -0.25) is 4.79 Å². The third-order valence-electron chi connectivity index (χ3n) is 4.80. The van der Waals surface area contributed by atoms with Crippen molar-refractivity contribution in [3.8, 4) is 23.0 Å². The topological polar surface area (TPSA) is 107 Å². The molecule has 0 saturated heterocycles. The summed E-state index contributed by atoms with van der Waals surface area (Å²) in [5, 5.41) is 13.8. The zero-order valence-electron chi connectivity index (χ0n) is 15.4. The smallest absolute Gasteiger partial charge is 0.345 e. The molecule has 1 unspecified atom stereocenters. The lowest BCUT2D eigenvalue weighted by atomic mass is 9.97. The zero-order chi connectivity index (χ0) is 20.0. The van der Waals surface area contributed by atoms with E-state index in [-0.39, 0.29) is 28.2 Å². The van der Waals surface area contributed by atoms with Crippen molar-refractivity contribution in [1.82, 2.24) is 5.32 Å². The summed E-state index contributed by atoms with van der Waals surface area (Å²) < 4.78 is 21.1. The van der Waals surface area contributed by atoms with E-state index in [4.69, 9.17) is 18.6 Å². The van der Waals surface area contributed by atoms with Crippen molar-refractivity contribution in [3.05, 3.63) is 57.4 Å². The number of carbonyl (C=O) groups is 1. The van der Waals surface area contributed by atoms with Gasteiger partial charge in [0, 0.05) is 0 Å². The maximum atomic E-state index is 12.6. The highest BCUT2D eigenvalue weighted by Crippen LogP contribution is 2.43. The molecule has 1 amide bonds. The molecule has 0 aliphatic carbocycles. The van der Waals surface area contributed by atoms with Crippen molar-refractivity contribution < 1.29 is 28.5 Å². The molecule has 1 aromatic heterocycles. The summed E-state index contributed by atoms with van der Waals surface area (Å²) in [6, 6.07) is 7.10. The second-order valence-electron chi connectivity index (χ2n) is 6.19. The van der Waals surface area contributed by atoms with Gasteiger partial charge in [0.1, 0.15) is 22.6 Å². The lowest BCUT2D eigenvalue weighted by molar-refractivity contribution is 0.0957. The normalized spacial score (nSPS) is 15.2. The fourth-order valence-electron chi connectivity index (χ4n) is 3.49. The number of amides is 1. The third-order valence-corrected chi connectivity index (χ3v) is 4.80.